The zero-order chi connectivity index (χ0) is 13.1. The van der Waals surface area contributed by atoms with Crippen LogP contribution in [-0.4, -0.2) is 25.0 Å². The van der Waals surface area contributed by atoms with Crippen molar-refractivity contribution in [3.63, 3.8) is 0 Å². The number of nitrogens with zero attached hydrogens (tertiary/aromatic N) is 1. The van der Waals surface area contributed by atoms with Crippen LogP contribution in [0.15, 0.2) is 24.3 Å². The lowest BCUT2D eigenvalue weighted by molar-refractivity contribution is 0.236. The van der Waals surface area contributed by atoms with E-state index in [0.29, 0.717) is 12.6 Å². The summed E-state index contributed by atoms with van der Waals surface area (Å²) in [6.45, 7) is 6.45. The van der Waals surface area contributed by atoms with Gasteiger partial charge in [0.2, 0.25) is 0 Å². The molecule has 0 bridgehead atoms. The number of hydrogen-bond acceptors (Lipinski definition) is 2. The molecule has 0 saturated heterocycles. The van der Waals surface area contributed by atoms with Crippen LogP contribution < -0.4 is 5.73 Å². The first-order valence-electron chi connectivity index (χ1n) is 7.15. The molecular weight excluding hydrogens is 220 g/mol. The van der Waals surface area contributed by atoms with Gasteiger partial charge >= 0.3 is 0 Å². The van der Waals surface area contributed by atoms with Crippen molar-refractivity contribution in [3.05, 3.63) is 35.4 Å². The fraction of sp³-hybridized carbons (Fsp3) is 0.625. The van der Waals surface area contributed by atoms with Gasteiger partial charge in [0, 0.05) is 19.1 Å². The maximum Gasteiger partial charge on any atom is 0.0470 e. The molecule has 2 N–H and O–H groups in total. The van der Waals surface area contributed by atoms with E-state index in [9.17, 15) is 0 Å². The van der Waals surface area contributed by atoms with Gasteiger partial charge in [-0.1, -0.05) is 38.1 Å². The van der Waals surface area contributed by atoms with Crippen molar-refractivity contribution < 1.29 is 0 Å². The molecule has 1 fully saturated rings. The highest BCUT2D eigenvalue weighted by Crippen LogP contribution is 2.39. The lowest BCUT2D eigenvalue weighted by atomic mass is 9.97. The Bertz CT molecular complexity index is 388. The fourth-order valence-electron chi connectivity index (χ4n) is 2.88. The second-order valence-corrected chi connectivity index (χ2v) is 5.72. The quantitative estimate of drug-likeness (QED) is 0.836. The van der Waals surface area contributed by atoms with E-state index in [1.807, 2.05) is 0 Å². The van der Waals surface area contributed by atoms with Crippen molar-refractivity contribution in [2.24, 2.45) is 17.6 Å². The number of aryl methyl sites for hydroxylation is 1. The molecule has 0 amide bonds. The lowest BCUT2D eigenvalue weighted by Crippen LogP contribution is -2.33. The molecule has 0 aromatic heterocycles. The summed E-state index contributed by atoms with van der Waals surface area (Å²) in [5.41, 5.74) is 8.87. The summed E-state index contributed by atoms with van der Waals surface area (Å²) in [6, 6.07) is 9.09. The van der Waals surface area contributed by atoms with E-state index in [0.717, 1.165) is 18.3 Å². The average molecular weight is 246 g/mol. The third kappa shape index (κ3) is 2.93. The second kappa shape index (κ2) is 5.85. The summed E-state index contributed by atoms with van der Waals surface area (Å²) in [5, 5.41) is 0. The highest BCUT2D eigenvalue weighted by molar-refractivity contribution is 5.30. The van der Waals surface area contributed by atoms with Gasteiger partial charge in [-0.3, -0.25) is 4.90 Å². The molecule has 1 saturated carbocycles. The Labute approximate surface area is 111 Å². The summed E-state index contributed by atoms with van der Waals surface area (Å²) in [4.78, 5) is 2.45. The third-order valence-corrected chi connectivity index (χ3v) is 4.35. The molecule has 2 nitrogen and oxygen atoms in total. The van der Waals surface area contributed by atoms with E-state index in [4.69, 9.17) is 5.73 Å². The molecular formula is C16H26N2. The SMILES string of the molecule is CCc1ccccc1C(CN)N(C)CC1CC1C. The van der Waals surface area contributed by atoms with Crippen LogP contribution in [0.25, 0.3) is 0 Å². The molecule has 0 radical (unpaired) electrons. The van der Waals surface area contributed by atoms with Crippen molar-refractivity contribution in [1.82, 2.24) is 4.90 Å². The summed E-state index contributed by atoms with van der Waals surface area (Å²) in [6.07, 6.45) is 2.47. The Balaban J connectivity index is 2.11. The summed E-state index contributed by atoms with van der Waals surface area (Å²) in [7, 11) is 2.22. The predicted molar refractivity (Wildman–Crippen MR) is 77.5 cm³/mol. The predicted octanol–water partition coefficient (Wildman–Crippen LogP) is 2.84. The molecule has 1 aromatic rings. The monoisotopic (exact) mass is 246 g/mol. The molecule has 1 aliphatic rings. The third-order valence-electron chi connectivity index (χ3n) is 4.35. The number of benzene rings is 1. The average Bonchev–Trinajstić information content (AvgIpc) is 3.06. The van der Waals surface area contributed by atoms with Crippen molar-refractivity contribution in [2.45, 2.75) is 32.7 Å². The Morgan fingerprint density at radius 2 is 2.06 bits per heavy atom. The molecule has 0 aliphatic heterocycles. The van der Waals surface area contributed by atoms with Gasteiger partial charge in [0.15, 0.2) is 0 Å². The van der Waals surface area contributed by atoms with E-state index < -0.39 is 0 Å². The molecule has 3 atom stereocenters. The fourth-order valence-corrected chi connectivity index (χ4v) is 2.88. The van der Waals surface area contributed by atoms with Crippen LogP contribution in [0.2, 0.25) is 0 Å². The van der Waals surface area contributed by atoms with Crippen LogP contribution in [-0.2, 0) is 6.42 Å². The minimum Gasteiger partial charge on any atom is -0.329 e. The van der Waals surface area contributed by atoms with E-state index in [1.165, 1.54) is 24.1 Å². The second-order valence-electron chi connectivity index (χ2n) is 5.72. The molecule has 1 aromatic carbocycles. The summed E-state index contributed by atoms with van der Waals surface area (Å²) >= 11 is 0. The molecule has 3 unspecified atom stereocenters. The van der Waals surface area contributed by atoms with E-state index in [-0.39, 0.29) is 0 Å². The summed E-state index contributed by atoms with van der Waals surface area (Å²) < 4.78 is 0. The highest BCUT2D eigenvalue weighted by Gasteiger charge is 2.34. The first kappa shape index (κ1) is 13.6. The Hall–Kier alpha value is -0.860. The number of nitrogens with two attached hydrogens (primary N) is 1. The van der Waals surface area contributed by atoms with Gasteiger partial charge in [0.25, 0.3) is 0 Å². The van der Waals surface area contributed by atoms with Crippen LogP contribution >= 0.6 is 0 Å². The Kier molecular flexibility index (Phi) is 4.41. The molecule has 0 heterocycles. The van der Waals surface area contributed by atoms with Crippen molar-refractivity contribution in [2.75, 3.05) is 20.1 Å². The van der Waals surface area contributed by atoms with Crippen LogP contribution in [0.3, 0.4) is 0 Å². The molecule has 1 aliphatic carbocycles. The van der Waals surface area contributed by atoms with Gasteiger partial charge in [0.1, 0.15) is 0 Å². The van der Waals surface area contributed by atoms with Gasteiger partial charge in [0.05, 0.1) is 0 Å². The van der Waals surface area contributed by atoms with E-state index in [1.54, 1.807) is 0 Å². The maximum atomic E-state index is 6.02. The van der Waals surface area contributed by atoms with Gasteiger partial charge in [-0.15, -0.1) is 0 Å². The van der Waals surface area contributed by atoms with Gasteiger partial charge < -0.3 is 5.73 Å². The van der Waals surface area contributed by atoms with Gasteiger partial charge in [-0.2, -0.15) is 0 Å². The number of rotatable bonds is 6. The number of likely N-dealkylation sites (N-methyl/N-ethyl adjacent to an activating group) is 1. The Morgan fingerprint density at radius 1 is 1.39 bits per heavy atom. The maximum absolute atomic E-state index is 6.02. The topological polar surface area (TPSA) is 29.3 Å². The lowest BCUT2D eigenvalue weighted by Gasteiger charge is -2.29. The van der Waals surface area contributed by atoms with Crippen molar-refractivity contribution >= 4 is 0 Å². The van der Waals surface area contributed by atoms with Crippen LogP contribution in [0.5, 0.6) is 0 Å². The molecule has 2 heteroatoms. The Morgan fingerprint density at radius 3 is 2.61 bits per heavy atom. The molecule has 0 spiro atoms. The normalized spacial score (nSPS) is 24.3. The van der Waals surface area contributed by atoms with Crippen LogP contribution in [0.4, 0.5) is 0 Å². The minimum absolute atomic E-state index is 0.369. The standard InChI is InChI=1S/C16H26N2/c1-4-13-7-5-6-8-15(13)16(10-17)18(3)11-14-9-12(14)2/h5-8,12,14,16H,4,9-11,17H2,1-3H3. The first-order valence-corrected chi connectivity index (χ1v) is 7.15. The minimum atomic E-state index is 0.369. The highest BCUT2D eigenvalue weighted by atomic mass is 15.1. The van der Waals surface area contributed by atoms with Crippen molar-refractivity contribution in [3.8, 4) is 0 Å². The zero-order valence-electron chi connectivity index (χ0n) is 11.9. The molecule has 18 heavy (non-hydrogen) atoms. The van der Waals surface area contributed by atoms with Crippen LogP contribution in [0.1, 0.15) is 37.4 Å². The van der Waals surface area contributed by atoms with Gasteiger partial charge in [-0.05, 0) is 42.9 Å². The molecule has 2 rings (SSSR count). The zero-order valence-corrected chi connectivity index (χ0v) is 11.9. The van der Waals surface area contributed by atoms with Gasteiger partial charge in [-0.25, -0.2) is 0 Å². The van der Waals surface area contributed by atoms with E-state index in [2.05, 4.69) is 50.1 Å². The number of hydrogen-bond donors (Lipinski definition) is 1. The van der Waals surface area contributed by atoms with Crippen molar-refractivity contribution in [1.29, 1.82) is 0 Å². The first-order chi connectivity index (χ1) is 8.67. The summed E-state index contributed by atoms with van der Waals surface area (Å²) in [5.74, 6) is 1.80. The molecule has 100 valence electrons. The van der Waals surface area contributed by atoms with Crippen LogP contribution in [0, 0.1) is 11.8 Å². The largest absolute Gasteiger partial charge is 0.329 e. The van der Waals surface area contributed by atoms with E-state index >= 15 is 0 Å². The smallest absolute Gasteiger partial charge is 0.0470 e.